The Bertz CT molecular complexity index is 863. The van der Waals surface area contributed by atoms with E-state index in [0.29, 0.717) is 31.0 Å². The fourth-order valence-electron chi connectivity index (χ4n) is 6.14. The molecule has 1 saturated heterocycles. The van der Waals surface area contributed by atoms with Gasteiger partial charge in [-0.2, -0.15) is 0 Å². The molecule has 0 spiro atoms. The van der Waals surface area contributed by atoms with Crippen LogP contribution in [0.2, 0.25) is 0 Å². The van der Waals surface area contributed by atoms with Crippen molar-refractivity contribution >= 4 is 23.6 Å². The summed E-state index contributed by atoms with van der Waals surface area (Å²) in [6.07, 6.45) is 11.3. The van der Waals surface area contributed by atoms with Crippen LogP contribution in [0.15, 0.2) is 12.3 Å². The number of hydrogen-bond donors (Lipinski definition) is 4. The van der Waals surface area contributed by atoms with E-state index in [4.69, 9.17) is 5.73 Å². The van der Waals surface area contributed by atoms with Crippen LogP contribution in [0.5, 0.6) is 0 Å². The Balaban J connectivity index is 1.66. The van der Waals surface area contributed by atoms with Crippen LogP contribution in [0.1, 0.15) is 97.8 Å². The molecular weight excluding hydrogens is 470 g/mol. The van der Waals surface area contributed by atoms with Gasteiger partial charge in [-0.05, 0) is 50.4 Å². The summed E-state index contributed by atoms with van der Waals surface area (Å²) in [4.78, 5) is 52.5. The molecule has 2 saturated carbocycles. The van der Waals surface area contributed by atoms with Gasteiger partial charge in [0.25, 0.3) is 5.91 Å². The molecule has 1 aliphatic heterocycles. The molecule has 4 amide bonds. The van der Waals surface area contributed by atoms with Crippen molar-refractivity contribution in [3.8, 4) is 0 Å². The van der Waals surface area contributed by atoms with Crippen molar-refractivity contribution in [2.24, 2.45) is 17.6 Å². The normalized spacial score (nSPS) is 23.0. The van der Waals surface area contributed by atoms with Crippen LogP contribution in [0.3, 0.4) is 0 Å². The third-order valence-corrected chi connectivity index (χ3v) is 8.77. The number of hydrogen-bond acceptors (Lipinski definition) is 5. The summed E-state index contributed by atoms with van der Waals surface area (Å²) in [6.45, 7) is 11.1. The maximum atomic E-state index is 13.3. The summed E-state index contributed by atoms with van der Waals surface area (Å²) in [6, 6.07) is -1.94. The molecule has 2 aliphatic carbocycles. The molecule has 9 heteroatoms. The first-order valence-electron chi connectivity index (χ1n) is 14.2. The SMILES string of the molecule is C=C(C(NC(=O)NC1(CC)CCCCC1)C(C)C)N1CCCC1C(=O)NC(CC1CCC1)C(=O)C(N)=O. The Hall–Kier alpha value is -2.58. The van der Waals surface area contributed by atoms with Gasteiger partial charge in [0.1, 0.15) is 6.04 Å². The summed E-state index contributed by atoms with van der Waals surface area (Å²) in [5.41, 5.74) is 5.80. The Morgan fingerprint density at radius 3 is 2.22 bits per heavy atom. The first-order chi connectivity index (χ1) is 17.6. The topological polar surface area (TPSA) is 134 Å². The molecule has 0 aromatic rings. The van der Waals surface area contributed by atoms with E-state index < -0.39 is 23.8 Å². The van der Waals surface area contributed by atoms with E-state index in [0.717, 1.165) is 57.8 Å². The predicted octanol–water partition coefficient (Wildman–Crippen LogP) is 3.13. The van der Waals surface area contributed by atoms with Crippen molar-refractivity contribution in [2.75, 3.05) is 6.54 Å². The molecule has 3 aliphatic rings. The van der Waals surface area contributed by atoms with Crippen molar-refractivity contribution in [3.05, 3.63) is 12.3 Å². The number of ketones is 1. The third kappa shape index (κ3) is 7.26. The summed E-state index contributed by atoms with van der Waals surface area (Å²) in [7, 11) is 0. The van der Waals surface area contributed by atoms with Crippen molar-refractivity contribution in [3.63, 3.8) is 0 Å². The zero-order valence-corrected chi connectivity index (χ0v) is 22.9. The first-order valence-corrected chi connectivity index (χ1v) is 14.2. The van der Waals surface area contributed by atoms with Gasteiger partial charge in [-0.1, -0.05) is 65.9 Å². The molecule has 37 heavy (non-hydrogen) atoms. The van der Waals surface area contributed by atoms with Crippen LogP contribution in [0, 0.1) is 11.8 Å². The molecule has 3 fully saturated rings. The number of carbonyl (C=O) groups is 4. The largest absolute Gasteiger partial charge is 0.363 e. The Kier molecular flexibility index (Phi) is 10.0. The summed E-state index contributed by atoms with van der Waals surface area (Å²) < 4.78 is 0. The third-order valence-electron chi connectivity index (χ3n) is 8.77. The second kappa shape index (κ2) is 12.8. The average molecular weight is 518 g/mol. The highest BCUT2D eigenvalue weighted by Gasteiger charge is 2.39. The number of urea groups is 1. The van der Waals surface area contributed by atoms with Crippen LogP contribution in [-0.2, 0) is 14.4 Å². The molecule has 0 aromatic heterocycles. The Morgan fingerprint density at radius 1 is 1.00 bits per heavy atom. The van der Waals surface area contributed by atoms with Crippen molar-refractivity contribution in [1.29, 1.82) is 0 Å². The lowest BCUT2D eigenvalue weighted by Crippen LogP contribution is -2.57. The van der Waals surface area contributed by atoms with E-state index in [1.165, 1.54) is 6.42 Å². The zero-order chi connectivity index (χ0) is 27.2. The lowest BCUT2D eigenvalue weighted by molar-refractivity contribution is -0.139. The summed E-state index contributed by atoms with van der Waals surface area (Å²) >= 11 is 0. The van der Waals surface area contributed by atoms with Crippen LogP contribution >= 0.6 is 0 Å². The number of Topliss-reactive ketones (excluding diaryl/α,β-unsaturated/α-hetero) is 1. The monoisotopic (exact) mass is 517 g/mol. The number of rotatable bonds is 12. The van der Waals surface area contributed by atoms with Crippen LogP contribution in [0.4, 0.5) is 4.79 Å². The first kappa shape index (κ1) is 29.0. The van der Waals surface area contributed by atoms with E-state index >= 15 is 0 Å². The predicted molar refractivity (Wildman–Crippen MR) is 143 cm³/mol. The number of primary amides is 1. The molecule has 5 N–H and O–H groups in total. The van der Waals surface area contributed by atoms with Gasteiger partial charge in [0.05, 0.1) is 12.1 Å². The second-order valence-electron chi connectivity index (χ2n) is 11.7. The van der Waals surface area contributed by atoms with Gasteiger partial charge in [-0.25, -0.2) is 4.79 Å². The minimum absolute atomic E-state index is 0.0642. The molecule has 9 nitrogen and oxygen atoms in total. The molecule has 0 aromatic carbocycles. The second-order valence-corrected chi connectivity index (χ2v) is 11.7. The molecule has 0 radical (unpaired) electrons. The Labute approximate surface area is 221 Å². The van der Waals surface area contributed by atoms with Crippen molar-refractivity contribution < 1.29 is 19.2 Å². The minimum Gasteiger partial charge on any atom is -0.363 e. The molecule has 208 valence electrons. The van der Waals surface area contributed by atoms with Crippen molar-refractivity contribution in [1.82, 2.24) is 20.9 Å². The smallest absolute Gasteiger partial charge is 0.315 e. The quantitative estimate of drug-likeness (QED) is 0.295. The summed E-state index contributed by atoms with van der Waals surface area (Å²) in [5, 5.41) is 9.22. The number of nitrogens with zero attached hydrogens (tertiary/aromatic N) is 1. The minimum atomic E-state index is -1.02. The fourth-order valence-corrected chi connectivity index (χ4v) is 6.14. The number of nitrogens with one attached hydrogen (secondary N) is 3. The number of carbonyl (C=O) groups excluding carboxylic acids is 4. The molecule has 0 bridgehead atoms. The fraction of sp³-hybridized carbons (Fsp3) is 0.786. The molecule has 1 heterocycles. The van der Waals surface area contributed by atoms with Gasteiger partial charge in [-0.3, -0.25) is 14.4 Å². The van der Waals surface area contributed by atoms with Crippen LogP contribution in [-0.4, -0.2) is 58.7 Å². The summed E-state index contributed by atoms with van der Waals surface area (Å²) in [5.74, 6) is -1.66. The molecule has 3 rings (SSSR count). The van der Waals surface area contributed by atoms with Crippen LogP contribution in [0.25, 0.3) is 0 Å². The van der Waals surface area contributed by atoms with E-state index in [1.807, 2.05) is 18.7 Å². The highest BCUT2D eigenvalue weighted by atomic mass is 16.2. The van der Waals surface area contributed by atoms with Gasteiger partial charge in [0.2, 0.25) is 11.7 Å². The standard InChI is InChI=1S/C28H47N5O4/c1-5-28(14-7-6-8-15-28)32-27(37)31-23(18(2)3)19(4)33-16-10-13-22(33)26(36)30-21(24(34)25(29)35)17-20-11-9-12-20/h18,20-23H,4-17H2,1-3H3,(H2,29,35)(H,30,36)(H2,31,32,37). The lowest BCUT2D eigenvalue weighted by Gasteiger charge is -2.39. The Morgan fingerprint density at radius 2 is 1.68 bits per heavy atom. The van der Waals surface area contributed by atoms with Crippen LogP contribution < -0.4 is 21.7 Å². The maximum Gasteiger partial charge on any atom is 0.315 e. The van der Waals surface area contributed by atoms with Crippen molar-refractivity contribution in [2.45, 2.75) is 121 Å². The van der Waals surface area contributed by atoms with Gasteiger partial charge in [0, 0.05) is 17.8 Å². The van der Waals surface area contributed by atoms with E-state index in [-0.39, 0.29) is 29.4 Å². The van der Waals surface area contributed by atoms with E-state index in [1.54, 1.807) is 0 Å². The van der Waals surface area contributed by atoms with Gasteiger partial charge < -0.3 is 26.6 Å². The lowest BCUT2D eigenvalue weighted by atomic mass is 9.80. The molecule has 3 unspecified atom stereocenters. The molecular formula is C28H47N5O4. The average Bonchev–Trinajstić information content (AvgIpc) is 3.33. The number of nitrogens with two attached hydrogens (primary N) is 1. The number of likely N-dealkylation sites (tertiary alicyclic amines) is 1. The van der Waals surface area contributed by atoms with E-state index in [9.17, 15) is 19.2 Å². The highest BCUT2D eigenvalue weighted by Crippen LogP contribution is 2.32. The van der Waals surface area contributed by atoms with Gasteiger partial charge in [-0.15, -0.1) is 0 Å². The maximum absolute atomic E-state index is 13.3. The van der Waals surface area contributed by atoms with Gasteiger partial charge in [0.15, 0.2) is 0 Å². The molecule has 3 atom stereocenters. The zero-order valence-electron chi connectivity index (χ0n) is 22.9. The van der Waals surface area contributed by atoms with Gasteiger partial charge >= 0.3 is 6.03 Å². The number of amides is 4. The highest BCUT2D eigenvalue weighted by molar-refractivity contribution is 6.37. The van der Waals surface area contributed by atoms with E-state index in [2.05, 4.69) is 29.5 Å².